The number of nitrogens with two attached hydrogens (primary N) is 1. The first-order valence-electron chi connectivity index (χ1n) is 6.64. The van der Waals surface area contributed by atoms with E-state index >= 15 is 0 Å². The van der Waals surface area contributed by atoms with E-state index in [1.54, 1.807) is 6.92 Å². The van der Waals surface area contributed by atoms with E-state index in [1.807, 2.05) is 0 Å². The fourth-order valence-corrected chi connectivity index (χ4v) is 2.16. The Morgan fingerprint density at radius 2 is 2.05 bits per heavy atom. The number of esters is 1. The second-order valence-electron chi connectivity index (χ2n) is 4.60. The summed E-state index contributed by atoms with van der Waals surface area (Å²) in [4.78, 5) is 36.4. The third-order valence-electron chi connectivity index (χ3n) is 3.14. The first-order valence-corrected chi connectivity index (χ1v) is 6.64. The Labute approximate surface area is 120 Å². The second kappa shape index (κ2) is 6.45. The summed E-state index contributed by atoms with van der Waals surface area (Å²) in [6.45, 7) is 1.94. The van der Waals surface area contributed by atoms with Gasteiger partial charge in [0.25, 0.3) is 5.91 Å². The quantitative estimate of drug-likeness (QED) is 0.591. The lowest BCUT2D eigenvalue weighted by Gasteiger charge is -2.13. The molecule has 1 aliphatic rings. The lowest BCUT2D eigenvalue weighted by atomic mass is 10.2. The maximum atomic E-state index is 12.9. The van der Waals surface area contributed by atoms with Gasteiger partial charge in [0.05, 0.1) is 18.7 Å². The number of quaternary nitrogens is 1. The standard InChI is InChI=1S/C14H15FN2O4/c1-2-21-13(19)8-16-11-7-12(18)17(14(11)20)10-5-3-9(15)4-6-10/h3-6,11,16H,2,7-8H2,1H3/p+1. The summed E-state index contributed by atoms with van der Waals surface area (Å²) < 4.78 is 17.6. The number of hydrogen-bond donors (Lipinski definition) is 1. The molecule has 1 atom stereocenters. The van der Waals surface area contributed by atoms with Gasteiger partial charge in [0.1, 0.15) is 5.82 Å². The minimum Gasteiger partial charge on any atom is -0.462 e. The number of imide groups is 1. The Morgan fingerprint density at radius 1 is 1.38 bits per heavy atom. The highest BCUT2D eigenvalue weighted by atomic mass is 19.1. The number of carbonyl (C=O) groups excluding carboxylic acids is 3. The Morgan fingerprint density at radius 3 is 2.67 bits per heavy atom. The molecule has 0 radical (unpaired) electrons. The van der Waals surface area contributed by atoms with Gasteiger partial charge in [0.15, 0.2) is 12.6 Å². The average molecular weight is 295 g/mol. The zero-order chi connectivity index (χ0) is 15.4. The van der Waals surface area contributed by atoms with Crippen molar-refractivity contribution in [1.82, 2.24) is 0 Å². The normalized spacial score (nSPS) is 18.2. The van der Waals surface area contributed by atoms with Crippen molar-refractivity contribution in [1.29, 1.82) is 0 Å². The number of hydrogen-bond acceptors (Lipinski definition) is 4. The monoisotopic (exact) mass is 295 g/mol. The largest absolute Gasteiger partial charge is 0.462 e. The van der Waals surface area contributed by atoms with Gasteiger partial charge in [-0.15, -0.1) is 0 Å². The van der Waals surface area contributed by atoms with Crippen LogP contribution in [0.15, 0.2) is 24.3 Å². The molecule has 0 aromatic heterocycles. The van der Waals surface area contributed by atoms with E-state index in [0.29, 0.717) is 5.69 Å². The van der Waals surface area contributed by atoms with E-state index in [9.17, 15) is 18.8 Å². The molecule has 1 aromatic rings. The minimum absolute atomic E-state index is 0.00954. The first-order chi connectivity index (χ1) is 10.0. The van der Waals surface area contributed by atoms with E-state index in [0.717, 1.165) is 4.90 Å². The molecule has 1 aromatic carbocycles. The molecule has 1 saturated heterocycles. The maximum Gasteiger partial charge on any atom is 0.361 e. The lowest BCUT2D eigenvalue weighted by Crippen LogP contribution is -2.93. The summed E-state index contributed by atoms with van der Waals surface area (Å²) in [5.74, 6) is -1.64. The van der Waals surface area contributed by atoms with Crippen molar-refractivity contribution >= 4 is 23.5 Å². The number of benzene rings is 1. The molecule has 0 aliphatic carbocycles. The number of carbonyl (C=O) groups is 3. The molecule has 6 nitrogen and oxygen atoms in total. The van der Waals surface area contributed by atoms with Gasteiger partial charge in [-0.2, -0.15) is 0 Å². The van der Waals surface area contributed by atoms with Crippen LogP contribution in [0.5, 0.6) is 0 Å². The maximum absolute atomic E-state index is 12.9. The zero-order valence-corrected chi connectivity index (χ0v) is 11.5. The molecule has 2 N–H and O–H groups in total. The van der Waals surface area contributed by atoms with Crippen LogP contribution < -0.4 is 10.2 Å². The fourth-order valence-electron chi connectivity index (χ4n) is 2.16. The van der Waals surface area contributed by atoms with Crippen molar-refractivity contribution in [2.24, 2.45) is 0 Å². The number of amides is 2. The Hall–Kier alpha value is -2.28. The van der Waals surface area contributed by atoms with Crippen LogP contribution in [0.2, 0.25) is 0 Å². The van der Waals surface area contributed by atoms with E-state index in [1.165, 1.54) is 29.6 Å². The zero-order valence-electron chi connectivity index (χ0n) is 11.5. The SMILES string of the molecule is CCOC(=O)C[NH2+]C1CC(=O)N(c2ccc(F)cc2)C1=O. The molecule has 1 aliphatic heterocycles. The second-order valence-corrected chi connectivity index (χ2v) is 4.60. The van der Waals surface area contributed by atoms with Crippen molar-refractivity contribution in [2.45, 2.75) is 19.4 Å². The molecule has 21 heavy (non-hydrogen) atoms. The summed E-state index contributed by atoms with van der Waals surface area (Å²) >= 11 is 0. The molecule has 1 fully saturated rings. The molecule has 112 valence electrons. The van der Waals surface area contributed by atoms with Crippen LogP contribution >= 0.6 is 0 Å². The third kappa shape index (κ3) is 3.43. The molecule has 0 spiro atoms. The van der Waals surface area contributed by atoms with Gasteiger partial charge in [-0.3, -0.25) is 9.59 Å². The van der Waals surface area contributed by atoms with Crippen molar-refractivity contribution in [3.63, 3.8) is 0 Å². The van der Waals surface area contributed by atoms with E-state index < -0.39 is 23.7 Å². The van der Waals surface area contributed by atoms with Crippen LogP contribution in [0.3, 0.4) is 0 Å². The van der Waals surface area contributed by atoms with Crippen molar-refractivity contribution in [3.8, 4) is 0 Å². The van der Waals surface area contributed by atoms with Gasteiger partial charge in [0.2, 0.25) is 5.91 Å². The van der Waals surface area contributed by atoms with Crippen LogP contribution in [0, 0.1) is 5.82 Å². The minimum atomic E-state index is -0.646. The number of nitrogens with zero attached hydrogens (tertiary/aromatic N) is 1. The highest BCUT2D eigenvalue weighted by molar-refractivity contribution is 6.21. The lowest BCUT2D eigenvalue weighted by molar-refractivity contribution is -0.665. The summed E-state index contributed by atoms with van der Waals surface area (Å²) in [6.07, 6.45) is 0.00954. The summed E-state index contributed by atoms with van der Waals surface area (Å²) in [6, 6.07) is 4.47. The van der Waals surface area contributed by atoms with Crippen LogP contribution in [-0.4, -0.2) is 37.0 Å². The van der Waals surface area contributed by atoms with Crippen molar-refractivity contribution in [2.75, 3.05) is 18.1 Å². The third-order valence-corrected chi connectivity index (χ3v) is 3.14. The highest BCUT2D eigenvalue weighted by Crippen LogP contribution is 2.21. The summed E-state index contributed by atoms with van der Waals surface area (Å²) in [7, 11) is 0. The first kappa shape index (κ1) is 15.1. The van der Waals surface area contributed by atoms with Crippen LogP contribution in [0.1, 0.15) is 13.3 Å². The number of ether oxygens (including phenoxy) is 1. The Balaban J connectivity index is 2.03. The van der Waals surface area contributed by atoms with Crippen molar-refractivity contribution in [3.05, 3.63) is 30.1 Å². The highest BCUT2D eigenvalue weighted by Gasteiger charge is 2.42. The molecule has 1 unspecified atom stereocenters. The Kier molecular flexibility index (Phi) is 4.64. The molecular weight excluding hydrogens is 279 g/mol. The molecule has 2 rings (SSSR count). The van der Waals surface area contributed by atoms with Gasteiger partial charge in [0, 0.05) is 0 Å². The van der Waals surface area contributed by atoms with Gasteiger partial charge in [-0.25, -0.2) is 14.1 Å². The van der Waals surface area contributed by atoms with E-state index in [2.05, 4.69) is 0 Å². The number of rotatable bonds is 5. The van der Waals surface area contributed by atoms with Crippen LogP contribution in [0.25, 0.3) is 0 Å². The topological polar surface area (TPSA) is 80.3 Å². The summed E-state index contributed by atoms with van der Waals surface area (Å²) in [5.41, 5.74) is 0.332. The molecule has 1 heterocycles. The summed E-state index contributed by atoms with van der Waals surface area (Å²) in [5, 5.41) is 1.49. The fraction of sp³-hybridized carbons (Fsp3) is 0.357. The molecule has 0 saturated carbocycles. The van der Waals surface area contributed by atoms with Gasteiger partial charge in [-0.05, 0) is 31.2 Å². The number of halogens is 1. The van der Waals surface area contributed by atoms with E-state index in [-0.39, 0.29) is 25.5 Å². The van der Waals surface area contributed by atoms with E-state index in [4.69, 9.17) is 4.74 Å². The van der Waals surface area contributed by atoms with Crippen molar-refractivity contribution < 1.29 is 28.8 Å². The predicted molar refractivity (Wildman–Crippen MR) is 70.7 cm³/mol. The predicted octanol–water partition coefficient (Wildman–Crippen LogP) is -0.416. The van der Waals surface area contributed by atoms with Crippen LogP contribution in [-0.2, 0) is 19.1 Å². The number of anilines is 1. The van der Waals surface area contributed by atoms with Gasteiger partial charge < -0.3 is 10.1 Å². The molecule has 7 heteroatoms. The molecular formula is C14H16FN2O4+. The van der Waals surface area contributed by atoms with Crippen LogP contribution in [0.4, 0.5) is 10.1 Å². The smallest absolute Gasteiger partial charge is 0.361 e. The molecule has 2 amide bonds. The average Bonchev–Trinajstić information content (AvgIpc) is 2.73. The molecule has 0 bridgehead atoms. The Bertz CT molecular complexity index is 559. The van der Waals surface area contributed by atoms with Gasteiger partial charge in [-0.1, -0.05) is 0 Å². The van der Waals surface area contributed by atoms with Gasteiger partial charge >= 0.3 is 5.97 Å².